The van der Waals surface area contributed by atoms with Gasteiger partial charge in [-0.25, -0.2) is 0 Å². The average Bonchev–Trinajstić information content (AvgIpc) is 3.29. The zero-order chi connectivity index (χ0) is 23.2. The number of rotatable bonds is 8. The highest BCUT2D eigenvalue weighted by Crippen LogP contribution is 2.24. The molecular formula is C28H30N4O2. The lowest BCUT2D eigenvalue weighted by atomic mass is 10.1. The van der Waals surface area contributed by atoms with Crippen molar-refractivity contribution in [1.29, 1.82) is 0 Å². The first-order valence-electron chi connectivity index (χ1n) is 12.0. The van der Waals surface area contributed by atoms with Crippen molar-refractivity contribution < 1.29 is 9.53 Å². The number of fused-ring (bicyclic) bond motifs is 1. The molecule has 0 saturated carbocycles. The fourth-order valence-electron chi connectivity index (χ4n) is 4.49. The van der Waals surface area contributed by atoms with Crippen molar-refractivity contribution in [1.82, 2.24) is 14.7 Å². The first-order valence-corrected chi connectivity index (χ1v) is 12.0. The Morgan fingerprint density at radius 2 is 1.62 bits per heavy atom. The number of nitrogens with one attached hydrogen (secondary N) is 1. The van der Waals surface area contributed by atoms with E-state index in [1.807, 2.05) is 77.6 Å². The van der Waals surface area contributed by atoms with Gasteiger partial charge < -0.3 is 15.0 Å². The molecule has 1 amide bonds. The number of piperidine rings is 1. The Balaban J connectivity index is 1.20. The number of carbonyl (C=O) groups is 1. The summed E-state index contributed by atoms with van der Waals surface area (Å²) in [4.78, 5) is 15.3. The topological polar surface area (TPSA) is 59.4 Å². The Morgan fingerprint density at radius 1 is 0.853 bits per heavy atom. The summed E-state index contributed by atoms with van der Waals surface area (Å²) >= 11 is 0. The number of nitrogens with zero attached hydrogens (tertiary/aromatic N) is 3. The summed E-state index contributed by atoms with van der Waals surface area (Å²) in [5, 5.41) is 8.65. The number of anilines is 1. The fourth-order valence-corrected chi connectivity index (χ4v) is 4.49. The Morgan fingerprint density at radius 3 is 2.41 bits per heavy atom. The minimum atomic E-state index is -0.0507. The minimum Gasteiger partial charge on any atom is -0.457 e. The molecule has 2 heterocycles. The van der Waals surface area contributed by atoms with Crippen LogP contribution < -0.4 is 10.1 Å². The van der Waals surface area contributed by atoms with Crippen molar-refractivity contribution in [2.24, 2.45) is 0 Å². The van der Waals surface area contributed by atoms with E-state index in [9.17, 15) is 4.79 Å². The molecule has 34 heavy (non-hydrogen) atoms. The van der Waals surface area contributed by atoms with E-state index in [1.165, 1.54) is 32.4 Å². The highest BCUT2D eigenvalue weighted by atomic mass is 16.5. The van der Waals surface area contributed by atoms with E-state index in [4.69, 9.17) is 4.74 Å². The molecule has 1 aliphatic rings. The number of carbonyl (C=O) groups excluding carboxylic acids is 1. The predicted octanol–water partition coefficient (Wildman–Crippen LogP) is 5.50. The molecule has 1 N–H and O–H groups in total. The molecule has 0 unspecified atom stereocenters. The second-order valence-corrected chi connectivity index (χ2v) is 8.79. The minimum absolute atomic E-state index is 0.0507. The van der Waals surface area contributed by atoms with Gasteiger partial charge in [0.2, 0.25) is 5.91 Å². The molecule has 6 nitrogen and oxygen atoms in total. The fraction of sp³-hybridized carbons (Fsp3) is 0.286. The molecule has 0 aliphatic carbocycles. The maximum absolute atomic E-state index is 12.8. The Hall–Kier alpha value is -3.64. The zero-order valence-corrected chi connectivity index (χ0v) is 19.3. The molecule has 1 fully saturated rings. The normalized spacial score (nSPS) is 14.2. The molecule has 6 heteroatoms. The lowest BCUT2D eigenvalue weighted by Crippen LogP contribution is -2.32. The van der Waals surface area contributed by atoms with Crippen LogP contribution in [0.5, 0.6) is 11.5 Å². The van der Waals surface area contributed by atoms with Crippen LogP contribution in [0.3, 0.4) is 0 Å². The number of hydrogen-bond acceptors (Lipinski definition) is 4. The monoisotopic (exact) mass is 454 g/mol. The summed E-state index contributed by atoms with van der Waals surface area (Å²) in [6.07, 6.45) is 6.08. The van der Waals surface area contributed by atoms with E-state index in [0.717, 1.165) is 46.7 Å². The number of aromatic nitrogens is 2. The molecule has 5 rings (SSSR count). The van der Waals surface area contributed by atoms with Crippen molar-refractivity contribution in [3.63, 3.8) is 0 Å². The lowest BCUT2D eigenvalue weighted by molar-refractivity contribution is -0.115. The summed E-state index contributed by atoms with van der Waals surface area (Å²) in [7, 11) is 0. The second kappa shape index (κ2) is 10.5. The van der Waals surface area contributed by atoms with Gasteiger partial charge in [0.1, 0.15) is 11.5 Å². The predicted molar refractivity (Wildman–Crippen MR) is 135 cm³/mol. The van der Waals surface area contributed by atoms with E-state index < -0.39 is 0 Å². The third-order valence-electron chi connectivity index (χ3n) is 6.31. The van der Waals surface area contributed by atoms with Gasteiger partial charge in [0.25, 0.3) is 0 Å². The Labute approximate surface area is 200 Å². The average molecular weight is 455 g/mol. The maximum atomic E-state index is 12.8. The summed E-state index contributed by atoms with van der Waals surface area (Å²) in [5.74, 6) is 1.49. The van der Waals surface area contributed by atoms with E-state index >= 15 is 0 Å². The van der Waals surface area contributed by atoms with Gasteiger partial charge in [-0.1, -0.05) is 42.8 Å². The largest absolute Gasteiger partial charge is 0.457 e. The van der Waals surface area contributed by atoms with Gasteiger partial charge in [-0.15, -0.1) is 0 Å². The molecular weight excluding hydrogens is 424 g/mol. The van der Waals surface area contributed by atoms with Crippen LogP contribution in [0, 0.1) is 0 Å². The molecule has 1 aromatic heterocycles. The third-order valence-corrected chi connectivity index (χ3v) is 6.31. The van der Waals surface area contributed by atoms with Crippen molar-refractivity contribution >= 4 is 22.5 Å². The van der Waals surface area contributed by atoms with Crippen molar-refractivity contribution in [3.8, 4) is 11.5 Å². The quantitative estimate of drug-likeness (QED) is 0.382. The molecule has 0 bridgehead atoms. The molecule has 0 spiro atoms. The summed E-state index contributed by atoms with van der Waals surface area (Å²) in [6.45, 7) is 4.23. The summed E-state index contributed by atoms with van der Waals surface area (Å²) in [6, 6.07) is 23.3. The summed E-state index contributed by atoms with van der Waals surface area (Å²) in [5.41, 5.74) is 2.79. The second-order valence-electron chi connectivity index (χ2n) is 8.79. The van der Waals surface area contributed by atoms with Crippen LogP contribution in [0.1, 0.15) is 24.8 Å². The number of para-hydroxylation sites is 1. The number of benzene rings is 3. The van der Waals surface area contributed by atoms with Crippen LogP contribution in [-0.4, -0.2) is 40.2 Å². The van der Waals surface area contributed by atoms with Gasteiger partial charge in [-0.3, -0.25) is 9.48 Å². The highest BCUT2D eigenvalue weighted by molar-refractivity contribution is 6.01. The lowest BCUT2D eigenvalue weighted by Gasteiger charge is -2.26. The van der Waals surface area contributed by atoms with E-state index in [0.29, 0.717) is 6.42 Å². The van der Waals surface area contributed by atoms with Crippen LogP contribution in [0.25, 0.3) is 10.9 Å². The smallest absolute Gasteiger partial charge is 0.228 e. The van der Waals surface area contributed by atoms with Crippen molar-refractivity contribution in [3.05, 3.63) is 84.6 Å². The maximum Gasteiger partial charge on any atom is 0.228 e. The molecule has 4 aromatic rings. The van der Waals surface area contributed by atoms with E-state index in [-0.39, 0.29) is 5.91 Å². The van der Waals surface area contributed by atoms with Crippen LogP contribution in [0.15, 0.2) is 79.0 Å². The third kappa shape index (κ3) is 5.46. The van der Waals surface area contributed by atoms with Crippen molar-refractivity contribution in [2.45, 2.75) is 32.2 Å². The molecule has 174 valence electrons. The summed E-state index contributed by atoms with van der Waals surface area (Å²) < 4.78 is 7.88. The van der Waals surface area contributed by atoms with Crippen LogP contribution in [-0.2, 0) is 17.8 Å². The molecule has 0 atom stereocenters. The van der Waals surface area contributed by atoms with Gasteiger partial charge in [-0.05, 0) is 67.9 Å². The van der Waals surface area contributed by atoms with Crippen LogP contribution in [0.4, 0.5) is 5.69 Å². The van der Waals surface area contributed by atoms with E-state index in [2.05, 4.69) is 21.4 Å². The van der Waals surface area contributed by atoms with Gasteiger partial charge in [0, 0.05) is 11.9 Å². The van der Waals surface area contributed by atoms with Gasteiger partial charge >= 0.3 is 0 Å². The molecule has 1 aliphatic heterocycles. The van der Waals surface area contributed by atoms with Gasteiger partial charge in [0.05, 0.1) is 30.4 Å². The molecule has 3 aromatic carbocycles. The number of ether oxygens (including phenoxy) is 1. The van der Waals surface area contributed by atoms with Gasteiger partial charge in [-0.2, -0.15) is 5.10 Å². The number of amides is 1. The zero-order valence-electron chi connectivity index (χ0n) is 19.3. The first kappa shape index (κ1) is 22.2. The van der Waals surface area contributed by atoms with Crippen LogP contribution in [0.2, 0.25) is 0 Å². The highest BCUT2D eigenvalue weighted by Gasteiger charge is 2.13. The Kier molecular flexibility index (Phi) is 6.86. The standard InChI is InChI=1S/C28H30N4O2/c33-28(20-22-12-14-24(15-13-22)34-23-8-3-1-4-9-23)30-26-10-7-11-27-25(26)21-29-32(27)19-18-31-16-5-2-6-17-31/h1,3-4,7-15,21H,2,5-6,16-20H2,(H,30,33). The first-order chi connectivity index (χ1) is 16.7. The van der Waals surface area contributed by atoms with E-state index in [1.54, 1.807) is 0 Å². The molecule has 0 radical (unpaired) electrons. The number of hydrogen-bond donors (Lipinski definition) is 1. The Bertz CT molecular complexity index is 1230. The van der Waals surface area contributed by atoms with Crippen molar-refractivity contribution in [2.75, 3.05) is 25.0 Å². The van der Waals surface area contributed by atoms with Gasteiger partial charge in [0.15, 0.2) is 0 Å². The number of likely N-dealkylation sites (tertiary alicyclic amines) is 1. The SMILES string of the molecule is O=C(Cc1ccc(Oc2ccccc2)cc1)Nc1cccc2c1cnn2CCN1CCCCC1. The molecule has 1 saturated heterocycles. The van der Waals surface area contributed by atoms with Crippen LogP contribution >= 0.6 is 0 Å².